The summed E-state index contributed by atoms with van der Waals surface area (Å²) in [6.07, 6.45) is 4.10. The number of pyridine rings is 1. The van der Waals surface area contributed by atoms with Crippen molar-refractivity contribution in [3.63, 3.8) is 0 Å². The Hall–Kier alpha value is -3.76. The molecule has 5 rings (SSSR count). The zero-order chi connectivity index (χ0) is 23.7. The SMILES string of the molecule is NC(=O)C1c2sc(C(=O)NCCc3ccncc3)cc2[C@H]2CN1C(=O)N2OCc1ccccc1. The number of benzene rings is 1. The number of primary amides is 1. The molecule has 0 radical (unpaired) electrons. The number of aromatic nitrogens is 1. The molecule has 2 bridgehead atoms. The highest BCUT2D eigenvalue weighted by atomic mass is 32.1. The summed E-state index contributed by atoms with van der Waals surface area (Å²) in [6.45, 7) is 0.944. The van der Waals surface area contributed by atoms with Crippen molar-refractivity contribution in [2.24, 2.45) is 5.73 Å². The van der Waals surface area contributed by atoms with Crippen LogP contribution in [0.3, 0.4) is 0 Å². The van der Waals surface area contributed by atoms with Crippen LogP contribution in [0.1, 0.15) is 43.3 Å². The van der Waals surface area contributed by atoms with Gasteiger partial charge in [0.2, 0.25) is 5.91 Å². The third-order valence-corrected chi connectivity index (χ3v) is 7.15. The van der Waals surface area contributed by atoms with Crippen molar-refractivity contribution in [2.75, 3.05) is 13.1 Å². The topological polar surface area (TPSA) is 118 Å². The second-order valence-electron chi connectivity index (χ2n) is 8.13. The second kappa shape index (κ2) is 9.24. The first kappa shape index (κ1) is 22.1. The van der Waals surface area contributed by atoms with E-state index in [4.69, 9.17) is 10.6 Å². The van der Waals surface area contributed by atoms with Gasteiger partial charge >= 0.3 is 6.03 Å². The van der Waals surface area contributed by atoms with E-state index in [1.54, 1.807) is 18.5 Å². The lowest BCUT2D eigenvalue weighted by molar-refractivity contribution is -0.141. The average Bonchev–Trinajstić information content (AvgIpc) is 3.40. The maximum absolute atomic E-state index is 13.0. The number of carbonyl (C=O) groups is 3. The number of nitrogens with zero attached hydrogens (tertiary/aromatic N) is 3. The Labute approximate surface area is 200 Å². The molecule has 10 heteroatoms. The molecule has 0 aliphatic carbocycles. The Morgan fingerprint density at radius 1 is 1.15 bits per heavy atom. The third kappa shape index (κ3) is 4.13. The van der Waals surface area contributed by atoms with E-state index in [0.29, 0.717) is 22.7 Å². The fraction of sp³-hybridized carbons (Fsp3) is 0.250. The summed E-state index contributed by atoms with van der Waals surface area (Å²) < 4.78 is 0. The maximum atomic E-state index is 13.0. The van der Waals surface area contributed by atoms with E-state index in [1.165, 1.54) is 21.3 Å². The molecule has 1 fully saturated rings. The lowest BCUT2D eigenvalue weighted by Gasteiger charge is -2.28. The number of hydrogen-bond acceptors (Lipinski definition) is 6. The maximum Gasteiger partial charge on any atom is 0.345 e. The quantitative estimate of drug-likeness (QED) is 0.517. The van der Waals surface area contributed by atoms with Crippen molar-refractivity contribution in [3.05, 3.63) is 87.4 Å². The average molecular weight is 478 g/mol. The Morgan fingerprint density at radius 2 is 1.91 bits per heavy atom. The summed E-state index contributed by atoms with van der Waals surface area (Å²) in [4.78, 5) is 50.5. The van der Waals surface area contributed by atoms with Crippen molar-refractivity contribution < 1.29 is 19.2 Å². The first-order valence-electron chi connectivity index (χ1n) is 10.9. The van der Waals surface area contributed by atoms with Crippen molar-refractivity contribution in [3.8, 4) is 0 Å². The number of thiophene rings is 1. The van der Waals surface area contributed by atoms with Gasteiger partial charge in [-0.3, -0.25) is 19.4 Å². The van der Waals surface area contributed by atoms with Crippen LogP contribution in [0, 0.1) is 0 Å². The van der Waals surface area contributed by atoms with E-state index in [1.807, 2.05) is 42.5 Å². The first-order chi connectivity index (χ1) is 16.5. The van der Waals surface area contributed by atoms with Crippen molar-refractivity contribution in [2.45, 2.75) is 25.1 Å². The van der Waals surface area contributed by atoms with E-state index in [9.17, 15) is 14.4 Å². The minimum atomic E-state index is -0.924. The van der Waals surface area contributed by atoms with Gasteiger partial charge in [0.25, 0.3) is 5.91 Å². The van der Waals surface area contributed by atoms with Crippen LogP contribution in [-0.2, 0) is 22.7 Å². The van der Waals surface area contributed by atoms with Crippen molar-refractivity contribution >= 4 is 29.2 Å². The Bertz CT molecular complexity index is 1220. The monoisotopic (exact) mass is 477 g/mol. The van der Waals surface area contributed by atoms with E-state index >= 15 is 0 Å². The molecular formula is C24H23N5O4S. The van der Waals surface area contributed by atoms with Crippen LogP contribution >= 0.6 is 11.3 Å². The van der Waals surface area contributed by atoms with Gasteiger partial charge in [-0.05, 0) is 41.3 Å². The molecule has 1 saturated heterocycles. The van der Waals surface area contributed by atoms with Crippen molar-refractivity contribution in [1.29, 1.82) is 0 Å². The molecule has 4 heterocycles. The molecule has 2 atom stereocenters. The molecule has 4 amide bonds. The van der Waals surface area contributed by atoms with E-state index in [-0.39, 0.29) is 19.1 Å². The Kier molecular flexibility index (Phi) is 5.99. The summed E-state index contributed by atoms with van der Waals surface area (Å²) >= 11 is 1.19. The van der Waals surface area contributed by atoms with Gasteiger partial charge in [-0.15, -0.1) is 11.3 Å². The zero-order valence-electron chi connectivity index (χ0n) is 18.2. The summed E-state index contributed by atoms with van der Waals surface area (Å²) in [7, 11) is 0. The van der Waals surface area contributed by atoms with Crippen LogP contribution in [-0.4, -0.2) is 45.9 Å². The smallest absolute Gasteiger partial charge is 0.345 e. The highest BCUT2D eigenvalue weighted by Gasteiger charge is 2.51. The number of fused-ring (bicyclic) bond motifs is 4. The predicted octanol–water partition coefficient (Wildman–Crippen LogP) is 2.57. The lowest BCUT2D eigenvalue weighted by Crippen LogP contribution is -2.40. The van der Waals surface area contributed by atoms with Gasteiger partial charge in [0.1, 0.15) is 18.7 Å². The lowest BCUT2D eigenvalue weighted by atomic mass is 9.99. The normalized spacial score (nSPS) is 18.6. The third-order valence-electron chi connectivity index (χ3n) is 5.95. The second-order valence-corrected chi connectivity index (χ2v) is 9.22. The number of amides is 4. The fourth-order valence-electron chi connectivity index (χ4n) is 4.29. The van der Waals surface area contributed by atoms with Gasteiger partial charge in [0.15, 0.2) is 0 Å². The Balaban J connectivity index is 1.34. The largest absolute Gasteiger partial charge is 0.368 e. The molecule has 1 unspecified atom stereocenters. The van der Waals surface area contributed by atoms with E-state index < -0.39 is 24.0 Å². The highest BCUT2D eigenvalue weighted by molar-refractivity contribution is 7.14. The van der Waals surface area contributed by atoms with Gasteiger partial charge in [0, 0.05) is 23.8 Å². The summed E-state index contributed by atoms with van der Waals surface area (Å²) in [5.41, 5.74) is 8.39. The molecule has 2 aliphatic heterocycles. The van der Waals surface area contributed by atoms with Gasteiger partial charge in [-0.2, -0.15) is 5.06 Å². The molecule has 3 N–H and O–H groups in total. The molecular weight excluding hydrogens is 454 g/mol. The van der Waals surface area contributed by atoms with Crippen LogP contribution < -0.4 is 11.1 Å². The molecule has 2 aromatic heterocycles. The van der Waals surface area contributed by atoms with E-state index in [0.717, 1.165) is 16.7 Å². The van der Waals surface area contributed by atoms with Crippen LogP contribution in [0.25, 0.3) is 0 Å². The number of carbonyl (C=O) groups excluding carboxylic acids is 3. The molecule has 1 aromatic carbocycles. The molecule has 2 aliphatic rings. The summed E-state index contributed by atoms with van der Waals surface area (Å²) in [5, 5.41) is 4.22. The summed E-state index contributed by atoms with van der Waals surface area (Å²) in [6, 6.07) is 13.3. The number of urea groups is 1. The van der Waals surface area contributed by atoms with Crippen LogP contribution in [0.5, 0.6) is 0 Å². The summed E-state index contributed by atoms with van der Waals surface area (Å²) in [5.74, 6) is -0.866. The zero-order valence-corrected chi connectivity index (χ0v) is 19.0. The van der Waals surface area contributed by atoms with E-state index in [2.05, 4.69) is 10.3 Å². The van der Waals surface area contributed by atoms with Crippen LogP contribution in [0.4, 0.5) is 4.79 Å². The molecule has 0 saturated carbocycles. The molecule has 34 heavy (non-hydrogen) atoms. The highest BCUT2D eigenvalue weighted by Crippen LogP contribution is 2.47. The van der Waals surface area contributed by atoms with Gasteiger partial charge < -0.3 is 16.0 Å². The van der Waals surface area contributed by atoms with Crippen molar-refractivity contribution in [1.82, 2.24) is 20.3 Å². The predicted molar refractivity (Wildman–Crippen MR) is 124 cm³/mol. The molecule has 174 valence electrons. The van der Waals surface area contributed by atoms with Gasteiger partial charge in [-0.1, -0.05) is 30.3 Å². The number of rotatable bonds is 8. The van der Waals surface area contributed by atoms with Gasteiger partial charge in [-0.25, -0.2) is 4.79 Å². The van der Waals surface area contributed by atoms with Crippen LogP contribution in [0.2, 0.25) is 0 Å². The standard InChI is InChI=1S/C24H23N5O4S/c25-22(30)20-21-17(12-19(34-21)23(31)27-11-8-15-6-9-26-10-7-15)18-13-28(20)24(32)29(18)33-14-16-4-2-1-3-5-16/h1-7,9-10,12,18,20H,8,11,13-14H2,(H2,25,30)(H,27,31)/t18-,20?/m1/s1. The minimum Gasteiger partial charge on any atom is -0.368 e. The number of hydrogen-bond donors (Lipinski definition) is 2. The molecule has 3 aromatic rings. The Morgan fingerprint density at radius 3 is 2.65 bits per heavy atom. The molecule has 9 nitrogen and oxygen atoms in total. The van der Waals surface area contributed by atoms with Gasteiger partial charge in [0.05, 0.1) is 11.4 Å². The number of hydroxylamine groups is 2. The first-order valence-corrected chi connectivity index (χ1v) is 11.7. The fourth-order valence-corrected chi connectivity index (χ4v) is 5.54. The molecule has 0 spiro atoms. The number of nitrogens with one attached hydrogen (secondary N) is 1. The number of nitrogens with two attached hydrogens (primary N) is 1. The van der Waals surface area contributed by atoms with Crippen LogP contribution in [0.15, 0.2) is 60.9 Å². The minimum absolute atomic E-state index is 0.208.